The number of aromatic carboxylic acids is 1. The average molecular weight is 374 g/mol. The smallest absolute Gasteiger partial charge is 0.335 e. The molecule has 0 bridgehead atoms. The first-order valence-corrected chi connectivity index (χ1v) is 8.61. The topological polar surface area (TPSA) is 72.2 Å². The van der Waals surface area contributed by atoms with Gasteiger partial charge < -0.3 is 9.67 Å². The van der Waals surface area contributed by atoms with Gasteiger partial charge in [0.15, 0.2) is 5.43 Å². The predicted octanol–water partition coefficient (Wildman–Crippen LogP) is 3.81. The minimum atomic E-state index is -1.20. The summed E-state index contributed by atoms with van der Waals surface area (Å²) >= 11 is 0. The lowest BCUT2D eigenvalue weighted by Crippen LogP contribution is -2.16. The van der Waals surface area contributed by atoms with E-state index in [-0.39, 0.29) is 23.0 Å². The molecule has 0 aliphatic rings. The minimum Gasteiger partial charge on any atom is -0.478 e. The van der Waals surface area contributed by atoms with Crippen LogP contribution in [0.15, 0.2) is 77.9 Å². The molecule has 138 valence electrons. The van der Waals surface area contributed by atoms with Crippen molar-refractivity contribution in [1.29, 1.82) is 0 Å². The molecule has 0 amide bonds. The van der Waals surface area contributed by atoms with Crippen LogP contribution in [0.1, 0.15) is 21.5 Å². The number of aromatic nitrogens is 2. The number of fused-ring (bicyclic) bond motifs is 1. The van der Waals surface area contributed by atoms with Crippen molar-refractivity contribution < 1.29 is 14.3 Å². The van der Waals surface area contributed by atoms with Crippen LogP contribution in [0.3, 0.4) is 0 Å². The van der Waals surface area contributed by atoms with Crippen LogP contribution in [0, 0.1) is 5.82 Å². The fourth-order valence-corrected chi connectivity index (χ4v) is 3.15. The number of hydrogen-bond donors (Lipinski definition) is 1. The lowest BCUT2D eigenvalue weighted by Gasteiger charge is -2.13. The highest BCUT2D eigenvalue weighted by molar-refractivity contribution is 5.87. The Morgan fingerprint density at radius 1 is 1.04 bits per heavy atom. The Labute approximate surface area is 159 Å². The van der Waals surface area contributed by atoms with Crippen molar-refractivity contribution >= 4 is 17.0 Å². The molecule has 0 atom stereocenters. The van der Waals surface area contributed by atoms with Crippen LogP contribution in [-0.4, -0.2) is 20.6 Å². The van der Waals surface area contributed by atoms with Gasteiger partial charge >= 0.3 is 5.97 Å². The van der Waals surface area contributed by atoms with Gasteiger partial charge in [-0.2, -0.15) is 0 Å². The number of nitrogens with zero attached hydrogens (tertiary/aromatic N) is 2. The molecule has 28 heavy (non-hydrogen) atoms. The summed E-state index contributed by atoms with van der Waals surface area (Å²) in [5.41, 5.74) is 1.64. The third-order valence-corrected chi connectivity index (χ3v) is 4.55. The van der Waals surface area contributed by atoms with Gasteiger partial charge in [0.1, 0.15) is 11.5 Å². The zero-order valence-corrected chi connectivity index (χ0v) is 14.7. The Kier molecular flexibility index (Phi) is 4.45. The molecule has 5 nitrogen and oxygen atoms in total. The monoisotopic (exact) mass is 374 g/mol. The average Bonchev–Trinajstić information content (AvgIpc) is 2.72. The van der Waals surface area contributed by atoms with Crippen molar-refractivity contribution in [3.8, 4) is 5.69 Å². The highest BCUT2D eigenvalue weighted by atomic mass is 19.1. The van der Waals surface area contributed by atoms with Crippen LogP contribution in [-0.2, 0) is 6.42 Å². The second-order valence-electron chi connectivity index (χ2n) is 6.35. The number of rotatable bonds is 4. The fourth-order valence-electron chi connectivity index (χ4n) is 3.15. The van der Waals surface area contributed by atoms with Crippen molar-refractivity contribution in [2.75, 3.05) is 0 Å². The molecule has 0 aliphatic heterocycles. The van der Waals surface area contributed by atoms with E-state index in [1.165, 1.54) is 12.1 Å². The van der Waals surface area contributed by atoms with Gasteiger partial charge in [0, 0.05) is 30.1 Å². The summed E-state index contributed by atoms with van der Waals surface area (Å²) in [7, 11) is 0. The summed E-state index contributed by atoms with van der Waals surface area (Å²) in [6.07, 6.45) is 3.32. The van der Waals surface area contributed by atoms with Gasteiger partial charge in [-0.3, -0.25) is 4.79 Å². The zero-order chi connectivity index (χ0) is 19.7. The first-order valence-electron chi connectivity index (χ1n) is 8.61. The summed E-state index contributed by atoms with van der Waals surface area (Å²) in [6.45, 7) is 0. The van der Waals surface area contributed by atoms with E-state index < -0.39 is 11.8 Å². The minimum absolute atomic E-state index is 0.0439. The number of halogens is 1. The number of carboxylic acids is 1. The molecule has 4 aromatic rings. The van der Waals surface area contributed by atoms with E-state index in [0.717, 1.165) is 11.8 Å². The van der Waals surface area contributed by atoms with Gasteiger partial charge in [0.25, 0.3) is 0 Å². The molecule has 2 aromatic heterocycles. The molecule has 4 rings (SSSR count). The number of carboxylic acid groups (broad SMARTS) is 1. The maximum Gasteiger partial charge on any atom is 0.335 e. The van der Waals surface area contributed by atoms with E-state index in [1.54, 1.807) is 29.1 Å². The molecule has 0 spiro atoms. The third kappa shape index (κ3) is 3.16. The molecule has 6 heteroatoms. The van der Waals surface area contributed by atoms with Gasteiger partial charge in [-0.05, 0) is 42.0 Å². The van der Waals surface area contributed by atoms with Crippen molar-refractivity contribution in [1.82, 2.24) is 9.55 Å². The number of pyridine rings is 2. The van der Waals surface area contributed by atoms with Gasteiger partial charge in [-0.25, -0.2) is 14.2 Å². The summed E-state index contributed by atoms with van der Waals surface area (Å²) in [4.78, 5) is 28.3. The van der Waals surface area contributed by atoms with Crippen LogP contribution >= 0.6 is 0 Å². The predicted molar refractivity (Wildman–Crippen MR) is 104 cm³/mol. The van der Waals surface area contributed by atoms with E-state index in [2.05, 4.69) is 4.98 Å². The number of hydrogen-bond acceptors (Lipinski definition) is 3. The Bertz CT molecular complexity index is 1250. The molecule has 0 unspecified atom stereocenters. The number of para-hydroxylation sites is 1. The largest absolute Gasteiger partial charge is 0.478 e. The molecule has 1 N–H and O–H groups in total. The molecular weight excluding hydrogens is 359 g/mol. The first-order chi connectivity index (χ1) is 13.5. The van der Waals surface area contributed by atoms with E-state index in [9.17, 15) is 14.0 Å². The molecule has 0 aliphatic carbocycles. The van der Waals surface area contributed by atoms with Crippen LogP contribution < -0.4 is 5.43 Å². The molecule has 2 aromatic carbocycles. The Balaban J connectivity index is 1.88. The van der Waals surface area contributed by atoms with Gasteiger partial charge in [0.05, 0.1) is 10.9 Å². The summed E-state index contributed by atoms with van der Waals surface area (Å²) in [5, 5.41) is 9.42. The molecule has 0 saturated carbocycles. The Hall–Kier alpha value is -3.80. The standard InChI is InChI=1S/C22H15FN2O3/c23-19-12-15(22(27)28)9-8-14(19)11-16-13-25(17-5-2-1-3-6-17)21-18(20(16)26)7-4-10-24-21/h1-10,12-13H,11H2,(H,27,28). The highest BCUT2D eigenvalue weighted by Crippen LogP contribution is 2.19. The zero-order valence-electron chi connectivity index (χ0n) is 14.7. The second-order valence-corrected chi connectivity index (χ2v) is 6.35. The fraction of sp³-hybridized carbons (Fsp3) is 0.0455. The Morgan fingerprint density at radius 2 is 1.82 bits per heavy atom. The lowest BCUT2D eigenvalue weighted by molar-refractivity contribution is 0.0696. The van der Waals surface area contributed by atoms with Gasteiger partial charge in [-0.15, -0.1) is 0 Å². The second kappa shape index (κ2) is 7.08. The van der Waals surface area contributed by atoms with Crippen LogP contribution in [0.25, 0.3) is 16.7 Å². The number of carbonyl (C=O) groups is 1. The van der Waals surface area contributed by atoms with Crippen molar-refractivity contribution in [3.63, 3.8) is 0 Å². The molecule has 0 saturated heterocycles. The Morgan fingerprint density at radius 3 is 2.54 bits per heavy atom. The SMILES string of the molecule is O=C(O)c1ccc(Cc2cn(-c3ccccc3)c3ncccc3c2=O)c(F)c1. The van der Waals surface area contributed by atoms with Crippen LogP contribution in [0.5, 0.6) is 0 Å². The van der Waals surface area contributed by atoms with Crippen molar-refractivity contribution in [3.05, 3.63) is 106 Å². The van der Waals surface area contributed by atoms with E-state index in [0.29, 0.717) is 16.6 Å². The molecule has 0 fully saturated rings. The maximum atomic E-state index is 14.4. The molecule has 0 radical (unpaired) electrons. The van der Waals surface area contributed by atoms with Gasteiger partial charge in [0.2, 0.25) is 0 Å². The first kappa shape index (κ1) is 17.6. The molecule has 2 heterocycles. The highest BCUT2D eigenvalue weighted by Gasteiger charge is 2.14. The third-order valence-electron chi connectivity index (χ3n) is 4.55. The van der Waals surface area contributed by atoms with E-state index in [1.807, 2.05) is 30.3 Å². The van der Waals surface area contributed by atoms with E-state index in [4.69, 9.17) is 5.11 Å². The van der Waals surface area contributed by atoms with Crippen molar-refractivity contribution in [2.24, 2.45) is 0 Å². The lowest BCUT2D eigenvalue weighted by atomic mass is 10.0. The van der Waals surface area contributed by atoms with Crippen LogP contribution in [0.2, 0.25) is 0 Å². The summed E-state index contributed by atoms with van der Waals surface area (Å²) in [5.74, 6) is -1.86. The quantitative estimate of drug-likeness (QED) is 0.590. The molecular formula is C22H15FN2O3. The van der Waals surface area contributed by atoms with E-state index >= 15 is 0 Å². The number of benzene rings is 2. The maximum absolute atomic E-state index is 14.4. The van der Waals surface area contributed by atoms with Crippen molar-refractivity contribution in [2.45, 2.75) is 6.42 Å². The summed E-state index contributed by atoms with van der Waals surface area (Å²) < 4.78 is 16.2. The van der Waals surface area contributed by atoms with Gasteiger partial charge in [-0.1, -0.05) is 24.3 Å². The van der Waals surface area contributed by atoms with Crippen LogP contribution in [0.4, 0.5) is 4.39 Å². The summed E-state index contributed by atoms with van der Waals surface area (Å²) in [6, 6.07) is 16.5. The normalized spacial score (nSPS) is 10.9.